The highest BCUT2D eigenvalue weighted by molar-refractivity contribution is 5.65. The summed E-state index contributed by atoms with van der Waals surface area (Å²) in [6.45, 7) is 6.41. The van der Waals surface area contributed by atoms with Crippen molar-refractivity contribution in [1.82, 2.24) is 0 Å². The van der Waals surface area contributed by atoms with Gasteiger partial charge in [-0.1, -0.05) is 6.92 Å². The predicted molar refractivity (Wildman–Crippen MR) is 52.2 cm³/mol. The smallest absolute Gasteiger partial charge is 0.405 e. The van der Waals surface area contributed by atoms with Crippen molar-refractivity contribution in [2.75, 3.05) is 6.54 Å². The molecule has 0 aliphatic carbocycles. The van der Waals surface area contributed by atoms with Crippen LogP contribution in [-0.2, 0) is 4.74 Å². The largest absolute Gasteiger partial charge is 0.443 e. The van der Waals surface area contributed by atoms with Crippen LogP contribution in [0.5, 0.6) is 0 Å². The van der Waals surface area contributed by atoms with E-state index in [1.807, 2.05) is 20.8 Å². The molecule has 0 aromatic rings. The summed E-state index contributed by atoms with van der Waals surface area (Å²) in [5.41, 5.74) is 9.85. The third kappa shape index (κ3) is 4.72. The molecule has 0 spiro atoms. The molecule has 1 unspecified atom stereocenters. The molecule has 0 aliphatic rings. The highest BCUT2D eigenvalue weighted by Crippen LogP contribution is 2.24. The first-order chi connectivity index (χ1) is 5.90. The Morgan fingerprint density at radius 3 is 2.46 bits per heavy atom. The minimum Gasteiger partial charge on any atom is -0.443 e. The molecule has 1 amide bonds. The van der Waals surface area contributed by atoms with E-state index in [1.54, 1.807) is 0 Å². The molecule has 1 atom stereocenters. The van der Waals surface area contributed by atoms with Gasteiger partial charge in [0.05, 0.1) is 0 Å². The van der Waals surface area contributed by atoms with Gasteiger partial charge in [0, 0.05) is 0 Å². The monoisotopic (exact) mass is 188 g/mol. The molecular formula is C9H20N2O2. The molecule has 0 fully saturated rings. The number of hydrogen-bond acceptors (Lipinski definition) is 3. The van der Waals surface area contributed by atoms with E-state index in [0.29, 0.717) is 6.54 Å². The molecule has 0 aliphatic heterocycles. The number of carbonyl (C=O) groups is 1. The number of carbonyl (C=O) groups excluding carboxylic acids is 1. The van der Waals surface area contributed by atoms with Crippen molar-refractivity contribution >= 4 is 6.09 Å². The second-order valence-corrected chi connectivity index (χ2v) is 3.86. The normalized spacial score (nSPS) is 13.8. The number of rotatable bonds is 5. The maximum atomic E-state index is 10.6. The zero-order chi connectivity index (χ0) is 10.5. The minimum atomic E-state index is -0.718. The molecule has 0 aromatic carbocycles. The van der Waals surface area contributed by atoms with E-state index in [1.165, 1.54) is 0 Å². The quantitative estimate of drug-likeness (QED) is 0.681. The summed E-state index contributed by atoms with van der Waals surface area (Å²) < 4.78 is 4.99. The molecule has 4 nitrogen and oxygen atoms in total. The number of ether oxygens (including phenoxy) is 1. The third-order valence-electron chi connectivity index (χ3n) is 2.39. The van der Waals surface area contributed by atoms with Crippen LogP contribution in [0.25, 0.3) is 0 Å². The zero-order valence-corrected chi connectivity index (χ0v) is 8.67. The summed E-state index contributed by atoms with van der Waals surface area (Å²) in [5, 5.41) is 0. The molecule has 0 heterocycles. The molecule has 13 heavy (non-hydrogen) atoms. The van der Waals surface area contributed by atoms with Gasteiger partial charge in [0.25, 0.3) is 0 Å². The Hall–Kier alpha value is -0.770. The van der Waals surface area contributed by atoms with Crippen LogP contribution in [-0.4, -0.2) is 18.2 Å². The van der Waals surface area contributed by atoms with Gasteiger partial charge in [0.1, 0.15) is 5.60 Å². The predicted octanol–water partition coefficient (Wildman–Crippen LogP) is 1.24. The van der Waals surface area contributed by atoms with Gasteiger partial charge >= 0.3 is 6.09 Å². The molecule has 0 radical (unpaired) electrons. The molecule has 0 rings (SSSR count). The average molecular weight is 188 g/mol. The Balaban J connectivity index is 4.01. The third-order valence-corrected chi connectivity index (χ3v) is 2.39. The van der Waals surface area contributed by atoms with E-state index < -0.39 is 11.7 Å². The van der Waals surface area contributed by atoms with Crippen molar-refractivity contribution in [2.24, 2.45) is 17.4 Å². The maximum absolute atomic E-state index is 10.6. The van der Waals surface area contributed by atoms with Gasteiger partial charge in [-0.05, 0) is 39.2 Å². The maximum Gasteiger partial charge on any atom is 0.405 e. The topological polar surface area (TPSA) is 78.3 Å². The van der Waals surface area contributed by atoms with Gasteiger partial charge in [0.15, 0.2) is 0 Å². The fraction of sp³-hybridized carbons (Fsp3) is 0.889. The lowest BCUT2D eigenvalue weighted by molar-refractivity contribution is 0.00161. The highest BCUT2D eigenvalue weighted by atomic mass is 16.6. The van der Waals surface area contributed by atoms with Crippen LogP contribution >= 0.6 is 0 Å². The Morgan fingerprint density at radius 2 is 2.08 bits per heavy atom. The summed E-state index contributed by atoms with van der Waals surface area (Å²) in [6.07, 6.45) is 1.16. The van der Waals surface area contributed by atoms with Gasteiger partial charge in [-0.15, -0.1) is 0 Å². The van der Waals surface area contributed by atoms with Crippen LogP contribution in [0.4, 0.5) is 4.79 Å². The van der Waals surface area contributed by atoms with Crippen LogP contribution in [0.3, 0.4) is 0 Å². The van der Waals surface area contributed by atoms with Crippen molar-refractivity contribution in [3.63, 3.8) is 0 Å². The first-order valence-corrected chi connectivity index (χ1v) is 4.58. The van der Waals surface area contributed by atoms with Crippen molar-refractivity contribution in [1.29, 1.82) is 0 Å². The molecule has 4 N–H and O–H groups in total. The lowest BCUT2D eigenvalue weighted by Crippen LogP contribution is -2.37. The Labute approximate surface area is 79.6 Å². The van der Waals surface area contributed by atoms with Gasteiger partial charge in [-0.2, -0.15) is 0 Å². The first-order valence-electron chi connectivity index (χ1n) is 4.58. The van der Waals surface area contributed by atoms with Crippen LogP contribution in [0, 0.1) is 5.92 Å². The van der Waals surface area contributed by atoms with Crippen molar-refractivity contribution in [3.05, 3.63) is 0 Å². The highest BCUT2D eigenvalue weighted by Gasteiger charge is 2.28. The van der Waals surface area contributed by atoms with Crippen LogP contribution in [0.2, 0.25) is 0 Å². The first kappa shape index (κ1) is 12.2. The van der Waals surface area contributed by atoms with Crippen molar-refractivity contribution in [2.45, 2.75) is 39.2 Å². The van der Waals surface area contributed by atoms with Crippen molar-refractivity contribution in [3.8, 4) is 0 Å². The summed E-state index contributed by atoms with van der Waals surface area (Å²) in [7, 11) is 0. The Kier molecular flexibility index (Phi) is 4.77. The van der Waals surface area contributed by atoms with Crippen molar-refractivity contribution < 1.29 is 9.53 Å². The van der Waals surface area contributed by atoms with E-state index >= 15 is 0 Å². The number of nitrogens with two attached hydrogens (primary N) is 2. The van der Waals surface area contributed by atoms with E-state index in [9.17, 15) is 4.79 Å². The second kappa shape index (κ2) is 5.07. The lowest BCUT2D eigenvalue weighted by atomic mass is 9.88. The number of hydrogen-bond donors (Lipinski definition) is 2. The fourth-order valence-corrected chi connectivity index (χ4v) is 1.13. The van der Waals surface area contributed by atoms with E-state index in [4.69, 9.17) is 16.2 Å². The Bertz CT molecular complexity index is 169. The molecule has 0 saturated heterocycles. The van der Waals surface area contributed by atoms with Gasteiger partial charge < -0.3 is 16.2 Å². The summed E-state index contributed by atoms with van der Waals surface area (Å²) in [5.74, 6) is 0.267. The molecular weight excluding hydrogens is 168 g/mol. The zero-order valence-electron chi connectivity index (χ0n) is 8.67. The van der Waals surface area contributed by atoms with E-state index in [2.05, 4.69) is 0 Å². The van der Waals surface area contributed by atoms with Gasteiger partial charge in [0.2, 0.25) is 0 Å². The van der Waals surface area contributed by atoms with Gasteiger partial charge in [-0.3, -0.25) is 0 Å². The summed E-state index contributed by atoms with van der Waals surface area (Å²) in [4.78, 5) is 10.6. The molecule has 0 aromatic heterocycles. The second-order valence-electron chi connectivity index (χ2n) is 3.86. The fourth-order valence-electron chi connectivity index (χ4n) is 1.13. The van der Waals surface area contributed by atoms with Gasteiger partial charge in [-0.25, -0.2) is 4.79 Å². The van der Waals surface area contributed by atoms with Crippen LogP contribution < -0.4 is 11.5 Å². The summed E-state index contributed by atoms with van der Waals surface area (Å²) >= 11 is 0. The SMILES string of the molecule is CC(CCCN)C(C)(C)OC(N)=O. The van der Waals surface area contributed by atoms with Crippen LogP contribution in [0.1, 0.15) is 33.6 Å². The molecule has 78 valence electrons. The number of primary amides is 1. The van der Waals surface area contributed by atoms with E-state index in [-0.39, 0.29) is 5.92 Å². The minimum absolute atomic E-state index is 0.267. The van der Waals surface area contributed by atoms with E-state index in [0.717, 1.165) is 12.8 Å². The average Bonchev–Trinajstić information content (AvgIpc) is 1.97. The standard InChI is InChI=1S/C9H20N2O2/c1-7(5-4-6-10)9(2,3)13-8(11)12/h7H,4-6,10H2,1-3H3,(H2,11,12). The Morgan fingerprint density at radius 1 is 1.54 bits per heavy atom. The van der Waals surface area contributed by atoms with Crippen LogP contribution in [0.15, 0.2) is 0 Å². The molecule has 0 bridgehead atoms. The summed E-state index contributed by atoms with van der Waals surface area (Å²) in [6, 6.07) is 0. The molecule has 4 heteroatoms. The number of amides is 1. The lowest BCUT2D eigenvalue weighted by Gasteiger charge is -2.30. The molecule has 0 saturated carbocycles.